The number of ether oxygens (including phenoxy) is 1. The van der Waals surface area contributed by atoms with Crippen LogP contribution in [0.4, 0.5) is 0 Å². The molecule has 0 aromatic heterocycles. The average Bonchev–Trinajstić information content (AvgIpc) is 2.47. The molecule has 2 aromatic carbocycles. The highest BCUT2D eigenvalue weighted by Crippen LogP contribution is 2.37. The zero-order chi connectivity index (χ0) is 13.9. The molecule has 0 heterocycles. The molecule has 0 saturated heterocycles. The molecule has 0 amide bonds. The van der Waals surface area contributed by atoms with Crippen LogP contribution in [0.3, 0.4) is 0 Å². The van der Waals surface area contributed by atoms with Crippen LogP contribution in [-0.4, -0.2) is 7.11 Å². The van der Waals surface area contributed by atoms with Crippen molar-refractivity contribution in [3.05, 3.63) is 76.8 Å². The monoisotopic (exact) mass is 316 g/mol. The van der Waals surface area contributed by atoms with E-state index in [9.17, 15) is 0 Å². The highest BCUT2D eigenvalue weighted by molar-refractivity contribution is 9.10. The molecule has 1 nitrogen and oxygen atoms in total. The lowest BCUT2D eigenvalue weighted by molar-refractivity contribution is 0.414. The van der Waals surface area contributed by atoms with E-state index in [0.29, 0.717) is 0 Å². The second-order valence-corrected chi connectivity index (χ2v) is 5.47. The molecule has 2 rings (SSSR count). The first kappa shape index (κ1) is 13.9. The van der Waals surface area contributed by atoms with Crippen molar-refractivity contribution in [1.82, 2.24) is 0 Å². The summed E-state index contributed by atoms with van der Waals surface area (Å²) in [5, 5.41) is 0. The summed E-state index contributed by atoms with van der Waals surface area (Å²) in [4.78, 5) is 0. The average molecular weight is 317 g/mol. The van der Waals surface area contributed by atoms with Crippen molar-refractivity contribution in [3.8, 4) is 5.75 Å². The van der Waals surface area contributed by atoms with Gasteiger partial charge in [0.25, 0.3) is 0 Å². The fraction of sp³-hybridized carbons (Fsp3) is 0.176. The van der Waals surface area contributed by atoms with Gasteiger partial charge in [-0.05, 0) is 36.2 Å². The van der Waals surface area contributed by atoms with Crippen molar-refractivity contribution in [3.63, 3.8) is 0 Å². The molecule has 19 heavy (non-hydrogen) atoms. The molecule has 98 valence electrons. The molecular weight excluding hydrogens is 300 g/mol. The van der Waals surface area contributed by atoms with E-state index in [4.69, 9.17) is 4.74 Å². The number of methoxy groups -OCH3 is 1. The van der Waals surface area contributed by atoms with Gasteiger partial charge in [-0.15, -0.1) is 6.58 Å². The van der Waals surface area contributed by atoms with Crippen LogP contribution in [0.15, 0.2) is 65.7 Å². The van der Waals surface area contributed by atoms with Gasteiger partial charge in [-0.3, -0.25) is 0 Å². The largest absolute Gasteiger partial charge is 0.497 e. The van der Waals surface area contributed by atoms with Crippen molar-refractivity contribution in [1.29, 1.82) is 0 Å². The fourth-order valence-corrected chi connectivity index (χ4v) is 2.90. The van der Waals surface area contributed by atoms with Crippen molar-refractivity contribution >= 4 is 15.9 Å². The Morgan fingerprint density at radius 3 is 2.26 bits per heavy atom. The smallest absolute Gasteiger partial charge is 0.118 e. The lowest BCUT2D eigenvalue weighted by Gasteiger charge is -2.28. The van der Waals surface area contributed by atoms with Gasteiger partial charge in [-0.2, -0.15) is 0 Å². The molecule has 0 spiro atoms. The molecule has 2 heteroatoms. The zero-order valence-corrected chi connectivity index (χ0v) is 12.8. The summed E-state index contributed by atoms with van der Waals surface area (Å²) in [6.45, 7) is 6.19. The predicted octanol–water partition coefficient (Wildman–Crippen LogP) is 4.95. The Morgan fingerprint density at radius 2 is 1.74 bits per heavy atom. The van der Waals surface area contributed by atoms with Gasteiger partial charge < -0.3 is 4.74 Å². The minimum atomic E-state index is -0.230. The van der Waals surface area contributed by atoms with Crippen LogP contribution in [0.5, 0.6) is 5.75 Å². The van der Waals surface area contributed by atoms with E-state index in [2.05, 4.69) is 53.7 Å². The van der Waals surface area contributed by atoms with E-state index in [1.807, 2.05) is 30.3 Å². The molecule has 0 fully saturated rings. The summed E-state index contributed by atoms with van der Waals surface area (Å²) in [5.74, 6) is 0.863. The van der Waals surface area contributed by atoms with Gasteiger partial charge in [0.15, 0.2) is 0 Å². The van der Waals surface area contributed by atoms with Crippen molar-refractivity contribution in [2.45, 2.75) is 12.3 Å². The van der Waals surface area contributed by atoms with E-state index in [1.165, 1.54) is 11.1 Å². The quantitative estimate of drug-likeness (QED) is 0.725. The van der Waals surface area contributed by atoms with Crippen LogP contribution in [0.25, 0.3) is 0 Å². The van der Waals surface area contributed by atoms with E-state index in [-0.39, 0.29) is 5.41 Å². The third kappa shape index (κ3) is 2.59. The molecule has 0 aliphatic rings. The molecule has 1 atom stereocenters. The first-order valence-corrected chi connectivity index (χ1v) is 6.94. The van der Waals surface area contributed by atoms with E-state index in [1.54, 1.807) is 7.11 Å². The molecular formula is C17H17BrO. The molecule has 0 bridgehead atoms. The van der Waals surface area contributed by atoms with Crippen LogP contribution < -0.4 is 4.74 Å². The summed E-state index contributed by atoms with van der Waals surface area (Å²) in [6.07, 6.45) is 1.98. The minimum Gasteiger partial charge on any atom is -0.497 e. The normalized spacial score (nSPS) is 13.6. The van der Waals surface area contributed by atoms with Crippen LogP contribution in [-0.2, 0) is 5.41 Å². The van der Waals surface area contributed by atoms with E-state index < -0.39 is 0 Å². The van der Waals surface area contributed by atoms with E-state index in [0.717, 1.165) is 10.2 Å². The Hall–Kier alpha value is -1.54. The number of rotatable bonds is 4. The van der Waals surface area contributed by atoms with Gasteiger partial charge in [0, 0.05) is 9.89 Å². The standard InChI is InChI=1S/C17H17BrO/c1-4-17(2,15-7-5-6-8-16(15)18)13-9-11-14(19-3)12-10-13/h4-12H,1H2,2-3H3/t17-/m1/s1. The van der Waals surface area contributed by atoms with Crippen LogP contribution in [0, 0.1) is 0 Å². The van der Waals surface area contributed by atoms with E-state index >= 15 is 0 Å². The Labute approximate surface area is 123 Å². The molecule has 2 aromatic rings. The van der Waals surface area contributed by atoms with Crippen LogP contribution in [0.2, 0.25) is 0 Å². The summed E-state index contributed by atoms with van der Waals surface area (Å²) in [7, 11) is 1.68. The second-order valence-electron chi connectivity index (χ2n) is 4.61. The Kier molecular flexibility index (Phi) is 4.11. The summed E-state index contributed by atoms with van der Waals surface area (Å²) < 4.78 is 6.30. The lowest BCUT2D eigenvalue weighted by atomic mass is 9.76. The zero-order valence-electron chi connectivity index (χ0n) is 11.2. The predicted molar refractivity (Wildman–Crippen MR) is 83.8 cm³/mol. The van der Waals surface area contributed by atoms with Crippen LogP contribution in [0.1, 0.15) is 18.1 Å². The SMILES string of the molecule is C=C[C@](C)(c1ccc(OC)cc1)c1ccccc1Br. The highest BCUT2D eigenvalue weighted by atomic mass is 79.9. The number of allylic oxidation sites excluding steroid dienone is 1. The first-order valence-electron chi connectivity index (χ1n) is 6.15. The maximum absolute atomic E-state index is 5.21. The topological polar surface area (TPSA) is 9.23 Å². The van der Waals surface area contributed by atoms with Crippen molar-refractivity contribution in [2.24, 2.45) is 0 Å². The van der Waals surface area contributed by atoms with Gasteiger partial charge in [0.1, 0.15) is 5.75 Å². The molecule has 0 unspecified atom stereocenters. The Bertz CT molecular complexity index is 574. The van der Waals surface area contributed by atoms with Gasteiger partial charge in [-0.1, -0.05) is 52.3 Å². The lowest BCUT2D eigenvalue weighted by Crippen LogP contribution is -2.20. The summed E-state index contributed by atoms with van der Waals surface area (Å²) >= 11 is 3.63. The van der Waals surface area contributed by atoms with Gasteiger partial charge >= 0.3 is 0 Å². The van der Waals surface area contributed by atoms with Crippen molar-refractivity contribution in [2.75, 3.05) is 7.11 Å². The number of hydrogen-bond acceptors (Lipinski definition) is 1. The fourth-order valence-electron chi connectivity index (χ4n) is 2.20. The number of hydrogen-bond donors (Lipinski definition) is 0. The maximum atomic E-state index is 5.21. The molecule has 0 aliphatic carbocycles. The highest BCUT2D eigenvalue weighted by Gasteiger charge is 2.27. The summed E-state index contributed by atoms with van der Waals surface area (Å²) in [6, 6.07) is 16.4. The Balaban J connectivity index is 2.53. The minimum absolute atomic E-state index is 0.230. The third-order valence-electron chi connectivity index (χ3n) is 3.53. The number of halogens is 1. The van der Waals surface area contributed by atoms with Crippen molar-refractivity contribution < 1.29 is 4.74 Å². The third-order valence-corrected chi connectivity index (χ3v) is 4.22. The van der Waals surface area contributed by atoms with Crippen LogP contribution >= 0.6 is 15.9 Å². The molecule has 0 saturated carbocycles. The van der Waals surface area contributed by atoms with Gasteiger partial charge in [-0.25, -0.2) is 0 Å². The number of benzene rings is 2. The molecule has 0 radical (unpaired) electrons. The molecule has 0 N–H and O–H groups in total. The van der Waals surface area contributed by atoms with Gasteiger partial charge in [0.2, 0.25) is 0 Å². The Morgan fingerprint density at radius 1 is 1.11 bits per heavy atom. The summed E-state index contributed by atoms with van der Waals surface area (Å²) in [5.41, 5.74) is 2.16. The molecule has 0 aliphatic heterocycles. The second kappa shape index (κ2) is 5.62. The first-order chi connectivity index (χ1) is 9.11. The van der Waals surface area contributed by atoms with Gasteiger partial charge in [0.05, 0.1) is 7.11 Å². The maximum Gasteiger partial charge on any atom is 0.118 e.